The van der Waals surface area contributed by atoms with Gasteiger partial charge in [-0.25, -0.2) is 0 Å². The lowest BCUT2D eigenvalue weighted by Crippen LogP contribution is -2.12. The maximum atomic E-state index is 11.4. The molecule has 0 aliphatic heterocycles. The zero-order valence-corrected chi connectivity index (χ0v) is 8.07. The molecule has 14 heavy (non-hydrogen) atoms. The summed E-state index contributed by atoms with van der Waals surface area (Å²) in [5, 5.41) is 0. The molecule has 1 aliphatic rings. The molecule has 0 fully saturated rings. The highest BCUT2D eigenvalue weighted by Crippen LogP contribution is 2.39. The third kappa shape index (κ3) is 1.30. The van der Waals surface area contributed by atoms with Crippen LogP contribution in [0.25, 0.3) is 0 Å². The normalized spacial score (nSPS) is 24.4. The van der Waals surface area contributed by atoms with Crippen LogP contribution in [0.2, 0.25) is 0 Å². The van der Waals surface area contributed by atoms with Crippen LogP contribution in [0.1, 0.15) is 29.5 Å². The molecule has 0 radical (unpaired) electrons. The van der Waals surface area contributed by atoms with Gasteiger partial charge in [0.05, 0.1) is 13.0 Å². The summed E-state index contributed by atoms with van der Waals surface area (Å²) in [6, 6.07) is 7.76. The molecule has 1 aromatic rings. The molecule has 2 rings (SSSR count). The van der Waals surface area contributed by atoms with E-state index in [2.05, 4.69) is 0 Å². The van der Waals surface area contributed by atoms with Gasteiger partial charge in [0.1, 0.15) is 0 Å². The first-order valence-electron chi connectivity index (χ1n) is 4.66. The van der Waals surface area contributed by atoms with Crippen LogP contribution in [0.5, 0.6) is 0 Å². The number of hydrogen-bond acceptors (Lipinski definition) is 3. The van der Waals surface area contributed by atoms with E-state index < -0.39 is 0 Å². The molecule has 0 saturated carbocycles. The Morgan fingerprint density at radius 3 is 2.71 bits per heavy atom. The average Bonchev–Trinajstić information content (AvgIpc) is 2.56. The summed E-state index contributed by atoms with van der Waals surface area (Å²) in [6.45, 7) is 0. The lowest BCUT2D eigenvalue weighted by Gasteiger charge is -2.07. The Bertz CT molecular complexity index is 362. The number of rotatable bonds is 1. The Kier molecular flexibility index (Phi) is 2.25. The Balaban J connectivity index is 2.39. The van der Waals surface area contributed by atoms with E-state index >= 15 is 0 Å². The molecule has 0 bridgehead atoms. The third-order valence-corrected chi connectivity index (χ3v) is 2.75. The predicted molar refractivity (Wildman–Crippen MR) is 52.7 cm³/mol. The van der Waals surface area contributed by atoms with E-state index in [1.807, 2.05) is 24.3 Å². The van der Waals surface area contributed by atoms with E-state index in [0.717, 1.165) is 11.1 Å². The molecule has 0 amide bonds. The lowest BCUT2D eigenvalue weighted by atomic mass is 10.0. The fourth-order valence-corrected chi connectivity index (χ4v) is 2.04. The van der Waals surface area contributed by atoms with Gasteiger partial charge in [0.25, 0.3) is 0 Å². The molecule has 0 unspecified atom stereocenters. The van der Waals surface area contributed by atoms with E-state index in [1.54, 1.807) is 0 Å². The smallest absolute Gasteiger partial charge is 0.313 e. The van der Waals surface area contributed by atoms with E-state index in [1.165, 1.54) is 7.11 Å². The lowest BCUT2D eigenvalue weighted by molar-refractivity contribution is -0.142. The van der Waals surface area contributed by atoms with Crippen LogP contribution < -0.4 is 5.73 Å². The van der Waals surface area contributed by atoms with Crippen molar-refractivity contribution in [2.45, 2.75) is 18.4 Å². The topological polar surface area (TPSA) is 52.3 Å². The van der Waals surface area contributed by atoms with Crippen LogP contribution >= 0.6 is 0 Å². The largest absolute Gasteiger partial charge is 0.469 e. The van der Waals surface area contributed by atoms with Gasteiger partial charge in [0.15, 0.2) is 0 Å². The molecule has 2 N–H and O–H groups in total. The van der Waals surface area contributed by atoms with E-state index in [-0.39, 0.29) is 17.9 Å². The number of hydrogen-bond donors (Lipinski definition) is 1. The first-order valence-corrected chi connectivity index (χ1v) is 4.66. The fourth-order valence-electron chi connectivity index (χ4n) is 2.04. The summed E-state index contributed by atoms with van der Waals surface area (Å²) in [6.07, 6.45) is 0.659. The van der Waals surface area contributed by atoms with Gasteiger partial charge < -0.3 is 10.5 Å². The fraction of sp³-hybridized carbons (Fsp3) is 0.364. The number of fused-ring (bicyclic) bond motifs is 1. The highest BCUT2D eigenvalue weighted by molar-refractivity contribution is 5.80. The summed E-state index contributed by atoms with van der Waals surface area (Å²) in [5.74, 6) is -0.364. The molecule has 0 saturated heterocycles. The number of methoxy groups -OCH3 is 1. The van der Waals surface area contributed by atoms with Crippen molar-refractivity contribution in [3.63, 3.8) is 0 Å². The molecule has 0 spiro atoms. The van der Waals surface area contributed by atoms with Crippen LogP contribution in [-0.2, 0) is 9.53 Å². The Labute approximate surface area is 82.9 Å². The summed E-state index contributed by atoms with van der Waals surface area (Å²) in [7, 11) is 1.41. The zero-order valence-electron chi connectivity index (χ0n) is 8.07. The first-order chi connectivity index (χ1) is 6.74. The Hall–Kier alpha value is -1.35. The predicted octanol–water partition coefficient (Wildman–Crippen LogP) is 1.35. The van der Waals surface area contributed by atoms with Crippen LogP contribution in [0, 0.1) is 0 Å². The van der Waals surface area contributed by atoms with E-state index in [9.17, 15) is 4.79 Å². The van der Waals surface area contributed by atoms with Crippen LogP contribution in [0.4, 0.5) is 0 Å². The Morgan fingerprint density at radius 1 is 1.43 bits per heavy atom. The molecule has 74 valence electrons. The van der Waals surface area contributed by atoms with Gasteiger partial charge in [-0.2, -0.15) is 0 Å². The van der Waals surface area contributed by atoms with E-state index in [0.29, 0.717) is 6.42 Å². The van der Waals surface area contributed by atoms with Gasteiger partial charge in [-0.3, -0.25) is 4.79 Å². The third-order valence-electron chi connectivity index (χ3n) is 2.75. The van der Waals surface area contributed by atoms with Crippen molar-refractivity contribution >= 4 is 5.97 Å². The SMILES string of the molecule is COC(=O)[C@H]1C[C@@H](N)c2ccccc21. The van der Waals surface area contributed by atoms with Crippen molar-refractivity contribution in [3.8, 4) is 0 Å². The minimum atomic E-state index is -0.189. The number of benzene rings is 1. The van der Waals surface area contributed by atoms with Crippen molar-refractivity contribution in [1.82, 2.24) is 0 Å². The van der Waals surface area contributed by atoms with Crippen molar-refractivity contribution in [2.24, 2.45) is 5.73 Å². The molecule has 3 heteroatoms. The highest BCUT2D eigenvalue weighted by atomic mass is 16.5. The van der Waals surface area contributed by atoms with Gasteiger partial charge in [-0.1, -0.05) is 24.3 Å². The number of esters is 1. The molecule has 0 heterocycles. The summed E-state index contributed by atoms with van der Waals surface area (Å²) >= 11 is 0. The van der Waals surface area contributed by atoms with Gasteiger partial charge in [0.2, 0.25) is 0 Å². The number of nitrogens with two attached hydrogens (primary N) is 1. The molecule has 3 nitrogen and oxygen atoms in total. The Morgan fingerprint density at radius 2 is 2.07 bits per heavy atom. The molecule has 1 aliphatic carbocycles. The van der Waals surface area contributed by atoms with Gasteiger partial charge in [-0.05, 0) is 17.5 Å². The quantitative estimate of drug-likeness (QED) is 0.681. The molecule has 0 aromatic heterocycles. The van der Waals surface area contributed by atoms with Crippen molar-refractivity contribution < 1.29 is 9.53 Å². The number of carbonyl (C=O) groups excluding carboxylic acids is 1. The van der Waals surface area contributed by atoms with Crippen molar-refractivity contribution in [1.29, 1.82) is 0 Å². The second-order valence-corrected chi connectivity index (χ2v) is 3.55. The summed E-state index contributed by atoms with van der Waals surface area (Å²) < 4.78 is 4.74. The molecular formula is C11H13NO2. The minimum Gasteiger partial charge on any atom is -0.469 e. The standard InChI is InChI=1S/C11H13NO2/c1-14-11(13)9-6-10(12)8-5-3-2-4-7(8)9/h2-5,9-10H,6,12H2,1H3/t9-,10+/m0/s1. The van der Waals surface area contributed by atoms with Gasteiger partial charge >= 0.3 is 5.97 Å². The highest BCUT2D eigenvalue weighted by Gasteiger charge is 2.33. The van der Waals surface area contributed by atoms with Gasteiger partial charge in [-0.15, -0.1) is 0 Å². The number of carbonyl (C=O) groups is 1. The monoisotopic (exact) mass is 191 g/mol. The van der Waals surface area contributed by atoms with Crippen LogP contribution in [0.3, 0.4) is 0 Å². The second-order valence-electron chi connectivity index (χ2n) is 3.55. The van der Waals surface area contributed by atoms with Gasteiger partial charge in [0, 0.05) is 6.04 Å². The maximum Gasteiger partial charge on any atom is 0.313 e. The second kappa shape index (κ2) is 3.42. The van der Waals surface area contributed by atoms with Crippen molar-refractivity contribution in [3.05, 3.63) is 35.4 Å². The van der Waals surface area contributed by atoms with Crippen molar-refractivity contribution in [2.75, 3.05) is 7.11 Å². The summed E-state index contributed by atoms with van der Waals surface area (Å²) in [5.41, 5.74) is 8.01. The molecule has 1 aromatic carbocycles. The molecule has 2 atom stereocenters. The van der Waals surface area contributed by atoms with Crippen LogP contribution in [-0.4, -0.2) is 13.1 Å². The maximum absolute atomic E-state index is 11.4. The average molecular weight is 191 g/mol. The minimum absolute atomic E-state index is 0.0321. The number of ether oxygens (including phenoxy) is 1. The van der Waals surface area contributed by atoms with E-state index in [4.69, 9.17) is 10.5 Å². The summed E-state index contributed by atoms with van der Waals surface area (Å²) in [4.78, 5) is 11.4. The first kappa shape index (κ1) is 9.21. The van der Waals surface area contributed by atoms with Crippen LogP contribution in [0.15, 0.2) is 24.3 Å². The molecular weight excluding hydrogens is 178 g/mol. The zero-order chi connectivity index (χ0) is 10.1.